The van der Waals surface area contributed by atoms with E-state index in [-0.39, 0.29) is 72.2 Å². The third-order valence-corrected chi connectivity index (χ3v) is 23.6. The number of Topliss-reactive ketones (excluding diaryl/α,β-unsaturated/α-hetero) is 2. The fourth-order valence-corrected chi connectivity index (χ4v) is 22.5. The van der Waals surface area contributed by atoms with Gasteiger partial charge in [0.1, 0.15) is 11.6 Å². The number of nitrogens with one attached hydrogen (secondary N) is 2. The predicted molar refractivity (Wildman–Crippen MR) is 287 cm³/mol. The molecule has 17 heteroatoms. The summed E-state index contributed by atoms with van der Waals surface area (Å²) in [5.74, 6) is -0.831. The number of amides is 2. The van der Waals surface area contributed by atoms with Crippen molar-refractivity contribution in [2.24, 2.45) is 23.7 Å². The number of ketones is 2. The summed E-state index contributed by atoms with van der Waals surface area (Å²) in [6.45, 7) is 27.9. The van der Waals surface area contributed by atoms with Gasteiger partial charge >= 0.3 is 32.7 Å². The number of ether oxygens (including phenoxy) is 4. The Kier molecular flexibility index (Phi) is 40.6. The van der Waals surface area contributed by atoms with Gasteiger partial charge in [0.05, 0.1) is 39.3 Å². The number of alkyl carbamates (subject to hydrolysis) is 2. The molecule has 0 saturated heterocycles. The summed E-state index contributed by atoms with van der Waals surface area (Å²) in [6, 6.07) is 2.34. The Labute approximate surface area is 424 Å². The first-order valence-electron chi connectivity index (χ1n) is 26.9. The van der Waals surface area contributed by atoms with Crippen LogP contribution in [-0.2, 0) is 46.4 Å². The molecule has 2 N–H and O–H groups in total. The highest BCUT2D eigenvalue weighted by molar-refractivity contribution is 6.87. The quantitative estimate of drug-likeness (QED) is 0.0256. The minimum Gasteiger partial charge on any atom is -0.469 e. The molecule has 0 spiro atoms. The van der Waals surface area contributed by atoms with Gasteiger partial charge < -0.3 is 37.8 Å². The van der Waals surface area contributed by atoms with Gasteiger partial charge in [-0.3, -0.25) is 19.2 Å². The minimum absolute atomic E-state index is 0.0918. The van der Waals surface area contributed by atoms with Crippen LogP contribution in [0.1, 0.15) is 183 Å². The number of hydrogen-bond donors (Lipinski definition) is 2. The summed E-state index contributed by atoms with van der Waals surface area (Å²) >= 11 is 0. The number of carbonyl (C=O) groups is 6. The van der Waals surface area contributed by atoms with E-state index in [0.717, 1.165) is 109 Å². The molecular formula is C52H104N2O12Si3. The molecule has 0 rings (SSSR count). The van der Waals surface area contributed by atoms with Gasteiger partial charge in [-0.2, -0.15) is 0 Å². The SMILES string of the molecule is CCCCOC(=O)NCCCCCCCC(=O)CC(C(=O)OC)C(C)C.CCCC[Si](C)(C)O[Si](C)(C)O[Si](C)(C)CCCCCCOC(=O)NCCCCCCCC(=O)CC(C(=O)OC)C(C)C. The molecule has 2 unspecified atom stereocenters. The molecule has 0 aromatic heterocycles. The lowest BCUT2D eigenvalue weighted by molar-refractivity contribution is -0.149. The molecule has 0 aromatic rings. The average molecular weight is 1030 g/mol. The molecule has 0 bridgehead atoms. The molecule has 2 amide bonds. The van der Waals surface area contributed by atoms with E-state index in [1.165, 1.54) is 33.1 Å². The zero-order valence-corrected chi connectivity index (χ0v) is 49.5. The number of hydrogen-bond acceptors (Lipinski definition) is 12. The third kappa shape index (κ3) is 40.7. The predicted octanol–water partition coefficient (Wildman–Crippen LogP) is 13.2. The van der Waals surface area contributed by atoms with Gasteiger partial charge in [-0.1, -0.05) is 119 Å². The average Bonchev–Trinajstić information content (AvgIpc) is 3.26. The molecule has 0 fully saturated rings. The highest BCUT2D eigenvalue weighted by Crippen LogP contribution is 2.27. The fourth-order valence-electron chi connectivity index (χ4n) is 8.15. The fraction of sp³-hybridized carbons (Fsp3) is 0.885. The lowest BCUT2D eigenvalue weighted by atomic mass is 9.89. The molecule has 14 nitrogen and oxygen atoms in total. The van der Waals surface area contributed by atoms with E-state index in [1.807, 2.05) is 27.7 Å². The standard InChI is InChI=1S/C32H67NO7Si3.C20H37NO5/c1-11-12-25-41(5,6)39-43(9,10)40-42(7,8)26-21-17-16-20-24-38-32(36)33-23-19-15-13-14-18-22-29(34)27-30(28(2)3)31(35)37-4;1-5-6-14-26-20(24)21-13-11-9-7-8-10-12-17(22)15-18(16(2)3)19(23)25-4/h28,30H,11-27H2,1-10H3,(H,33,36);16,18H,5-15H2,1-4H3,(H,21,24). The molecule has 0 radical (unpaired) electrons. The highest BCUT2D eigenvalue weighted by atomic mass is 28.5. The zero-order valence-electron chi connectivity index (χ0n) is 46.5. The maximum Gasteiger partial charge on any atom is 0.407 e. The van der Waals surface area contributed by atoms with Crippen LogP contribution in [0.2, 0.25) is 51.4 Å². The summed E-state index contributed by atoms with van der Waals surface area (Å²) in [5.41, 5.74) is 0. The van der Waals surface area contributed by atoms with E-state index in [9.17, 15) is 28.8 Å². The van der Waals surface area contributed by atoms with E-state index < -0.39 is 25.2 Å². The molecule has 0 heterocycles. The van der Waals surface area contributed by atoms with Crippen molar-refractivity contribution in [2.45, 2.75) is 234 Å². The van der Waals surface area contributed by atoms with Gasteiger partial charge in [0.15, 0.2) is 16.6 Å². The van der Waals surface area contributed by atoms with Crippen LogP contribution in [0.5, 0.6) is 0 Å². The normalized spacial score (nSPS) is 12.7. The van der Waals surface area contributed by atoms with Crippen LogP contribution in [0.15, 0.2) is 0 Å². The molecule has 0 aromatic carbocycles. The summed E-state index contributed by atoms with van der Waals surface area (Å²) < 4.78 is 33.3. The van der Waals surface area contributed by atoms with Gasteiger partial charge in [0.25, 0.3) is 0 Å². The second kappa shape index (κ2) is 40.9. The molecule has 69 heavy (non-hydrogen) atoms. The van der Waals surface area contributed by atoms with Crippen LogP contribution < -0.4 is 10.6 Å². The number of methoxy groups -OCH3 is 2. The van der Waals surface area contributed by atoms with E-state index in [0.29, 0.717) is 39.1 Å². The lowest BCUT2D eigenvalue weighted by Gasteiger charge is -2.38. The Morgan fingerprint density at radius 2 is 0.797 bits per heavy atom. The lowest BCUT2D eigenvalue weighted by Crippen LogP contribution is -2.52. The minimum atomic E-state index is -2.12. The first kappa shape index (κ1) is 68.5. The van der Waals surface area contributed by atoms with Crippen LogP contribution in [0.4, 0.5) is 9.59 Å². The van der Waals surface area contributed by atoms with Crippen molar-refractivity contribution in [3.8, 4) is 0 Å². The molecule has 0 aliphatic rings. The Morgan fingerprint density at radius 1 is 0.449 bits per heavy atom. The summed E-state index contributed by atoms with van der Waals surface area (Å²) in [7, 11) is -2.83. The van der Waals surface area contributed by atoms with E-state index >= 15 is 0 Å². The largest absolute Gasteiger partial charge is 0.469 e. The molecule has 0 aliphatic heterocycles. The van der Waals surface area contributed by atoms with Crippen LogP contribution in [-0.4, -0.2) is 101 Å². The van der Waals surface area contributed by atoms with Crippen molar-refractivity contribution in [2.75, 3.05) is 40.5 Å². The molecular weight excluding hydrogens is 929 g/mol. The van der Waals surface area contributed by atoms with Gasteiger partial charge in [0, 0.05) is 38.8 Å². The highest BCUT2D eigenvalue weighted by Gasteiger charge is 2.39. The van der Waals surface area contributed by atoms with E-state index in [1.54, 1.807) is 0 Å². The number of rotatable bonds is 41. The zero-order chi connectivity index (χ0) is 52.7. The van der Waals surface area contributed by atoms with E-state index in [4.69, 9.17) is 27.2 Å². The summed E-state index contributed by atoms with van der Waals surface area (Å²) in [6.07, 6.45) is 18.9. The monoisotopic (exact) mass is 1030 g/mol. The van der Waals surface area contributed by atoms with Gasteiger partial charge in [-0.15, -0.1) is 0 Å². The Bertz CT molecular complexity index is 1400. The van der Waals surface area contributed by atoms with Crippen molar-refractivity contribution in [3.05, 3.63) is 0 Å². The number of carbonyl (C=O) groups excluding carboxylic acids is 6. The van der Waals surface area contributed by atoms with Crippen LogP contribution in [0.3, 0.4) is 0 Å². The molecule has 0 aliphatic carbocycles. The van der Waals surface area contributed by atoms with Crippen molar-refractivity contribution in [1.82, 2.24) is 10.6 Å². The topological polar surface area (TPSA) is 182 Å². The second-order valence-corrected chi connectivity index (χ2v) is 33.6. The van der Waals surface area contributed by atoms with Crippen LogP contribution in [0, 0.1) is 23.7 Å². The van der Waals surface area contributed by atoms with Gasteiger partial charge in [-0.25, -0.2) is 9.59 Å². The maximum absolute atomic E-state index is 12.2. The molecule has 2 atom stereocenters. The van der Waals surface area contributed by atoms with Crippen molar-refractivity contribution in [1.29, 1.82) is 0 Å². The second-order valence-electron chi connectivity index (χ2n) is 21.1. The van der Waals surface area contributed by atoms with Crippen molar-refractivity contribution < 1.29 is 55.9 Å². The third-order valence-electron chi connectivity index (χ3n) is 12.1. The summed E-state index contributed by atoms with van der Waals surface area (Å²) in [4.78, 5) is 71.0. The maximum atomic E-state index is 12.2. The molecule has 406 valence electrons. The van der Waals surface area contributed by atoms with Crippen molar-refractivity contribution in [3.63, 3.8) is 0 Å². The van der Waals surface area contributed by atoms with Gasteiger partial charge in [0.2, 0.25) is 0 Å². The van der Waals surface area contributed by atoms with Crippen LogP contribution >= 0.6 is 0 Å². The number of esters is 2. The van der Waals surface area contributed by atoms with Crippen LogP contribution in [0.25, 0.3) is 0 Å². The Balaban J connectivity index is 0. The van der Waals surface area contributed by atoms with Crippen molar-refractivity contribution >= 4 is 60.9 Å². The Morgan fingerprint density at radius 3 is 1.19 bits per heavy atom. The first-order chi connectivity index (χ1) is 32.5. The summed E-state index contributed by atoms with van der Waals surface area (Å²) in [5, 5.41) is 5.58. The van der Waals surface area contributed by atoms with Gasteiger partial charge in [-0.05, 0) is 102 Å². The first-order valence-corrected chi connectivity index (χ1v) is 35.9. The Hall–Kier alpha value is -2.61. The van der Waals surface area contributed by atoms with E-state index in [2.05, 4.69) is 63.8 Å². The number of unbranched alkanes of at least 4 members (excludes halogenated alkanes) is 13. The smallest absolute Gasteiger partial charge is 0.407 e. The molecule has 0 saturated carbocycles.